The van der Waals surface area contributed by atoms with E-state index in [0.717, 1.165) is 22.6 Å². The third-order valence-corrected chi connectivity index (χ3v) is 3.75. The van der Waals surface area contributed by atoms with Crippen LogP contribution in [0.15, 0.2) is 34.5 Å². The van der Waals surface area contributed by atoms with Crippen molar-refractivity contribution in [2.75, 3.05) is 55.4 Å². The fraction of sp³-hybridized carbons (Fsp3) is 0.474. The number of nitrogens with zero attached hydrogens (tertiary/aromatic N) is 4. The number of likely N-dealkylation sites (N-methyl/N-ethyl adjacent to an activating group) is 2. The Bertz CT molecular complexity index is 719. The van der Waals surface area contributed by atoms with Gasteiger partial charge in [0.05, 0.1) is 53.7 Å². The lowest BCUT2D eigenvalue weighted by Crippen LogP contribution is -2.43. The maximum absolute atomic E-state index is 12.0. The van der Waals surface area contributed by atoms with Crippen molar-refractivity contribution in [3.8, 4) is 0 Å². The third kappa shape index (κ3) is 6.58. The zero-order chi connectivity index (χ0) is 20.2. The monoisotopic (exact) mass is 374 g/mol. The molecule has 1 aromatic carbocycles. The molecule has 1 aromatic rings. The first-order valence-electron chi connectivity index (χ1n) is 8.86. The van der Waals surface area contributed by atoms with Crippen LogP contribution in [-0.2, 0) is 9.59 Å². The minimum absolute atomic E-state index is 0.144. The summed E-state index contributed by atoms with van der Waals surface area (Å²) in [5, 5.41) is 8.59. The molecule has 8 heteroatoms. The van der Waals surface area contributed by atoms with Crippen molar-refractivity contribution in [1.82, 2.24) is 10.9 Å². The molecule has 2 amide bonds. The molecule has 2 rings (SSSR count). The van der Waals surface area contributed by atoms with E-state index in [2.05, 4.69) is 21.1 Å². The Balaban J connectivity index is 2.13. The number of quaternary nitrogens is 2. The van der Waals surface area contributed by atoms with E-state index in [9.17, 15) is 9.59 Å². The summed E-state index contributed by atoms with van der Waals surface area (Å²) >= 11 is 0. The third-order valence-electron chi connectivity index (χ3n) is 3.75. The maximum atomic E-state index is 12.0. The Morgan fingerprint density at radius 3 is 1.52 bits per heavy atom. The lowest BCUT2D eigenvalue weighted by molar-refractivity contribution is -0.862. The molecule has 0 aliphatic heterocycles. The molecule has 1 aliphatic carbocycles. The standard InChI is InChI=1S/C19H28N6O2/c1-24(2,3)12-18(26)22-20-16-11-17(15-10-8-7-9-14(15)16)21-23-19(27)13-25(4,5)6/h7-10H,11-13H2,1-6H3/p+2. The van der Waals surface area contributed by atoms with Crippen LogP contribution >= 0.6 is 0 Å². The molecule has 0 aromatic heterocycles. The lowest BCUT2D eigenvalue weighted by Gasteiger charge is -2.22. The number of fused-ring (bicyclic) bond motifs is 1. The molecule has 2 N–H and O–H groups in total. The van der Waals surface area contributed by atoms with Gasteiger partial charge in [-0.05, 0) is 0 Å². The smallest absolute Gasteiger partial charge is 0.295 e. The first-order valence-corrected chi connectivity index (χ1v) is 8.86. The van der Waals surface area contributed by atoms with Crippen molar-refractivity contribution in [2.45, 2.75) is 6.42 Å². The van der Waals surface area contributed by atoms with Gasteiger partial charge >= 0.3 is 0 Å². The van der Waals surface area contributed by atoms with Gasteiger partial charge in [-0.2, -0.15) is 10.2 Å². The molecule has 8 nitrogen and oxygen atoms in total. The summed E-state index contributed by atoms with van der Waals surface area (Å²) in [6.45, 7) is 0.668. The Morgan fingerprint density at radius 1 is 0.815 bits per heavy atom. The number of benzene rings is 1. The number of carbonyl (C=O) groups excluding carboxylic acids is 2. The van der Waals surface area contributed by atoms with Crippen molar-refractivity contribution >= 4 is 23.2 Å². The Morgan fingerprint density at radius 2 is 1.19 bits per heavy atom. The maximum Gasteiger partial charge on any atom is 0.295 e. The van der Waals surface area contributed by atoms with Gasteiger partial charge < -0.3 is 8.97 Å². The van der Waals surface area contributed by atoms with Crippen LogP contribution in [0.3, 0.4) is 0 Å². The highest BCUT2D eigenvalue weighted by Gasteiger charge is 2.25. The molecular formula is C19H30N6O2+2. The van der Waals surface area contributed by atoms with Gasteiger partial charge in [-0.25, -0.2) is 10.9 Å². The van der Waals surface area contributed by atoms with E-state index in [1.807, 2.05) is 66.6 Å². The number of hydrogen-bond donors (Lipinski definition) is 2. The number of nitrogens with one attached hydrogen (secondary N) is 2. The van der Waals surface area contributed by atoms with E-state index >= 15 is 0 Å². The van der Waals surface area contributed by atoms with Crippen LogP contribution in [-0.4, -0.2) is 87.6 Å². The van der Waals surface area contributed by atoms with Crippen LogP contribution < -0.4 is 10.9 Å². The summed E-state index contributed by atoms with van der Waals surface area (Å²) in [7, 11) is 11.7. The molecule has 0 heterocycles. The second-order valence-electron chi connectivity index (χ2n) is 8.81. The fourth-order valence-electron chi connectivity index (χ4n) is 2.73. The molecule has 0 radical (unpaired) electrons. The molecule has 146 valence electrons. The van der Waals surface area contributed by atoms with E-state index in [4.69, 9.17) is 0 Å². The van der Waals surface area contributed by atoms with Crippen molar-refractivity contribution < 1.29 is 18.6 Å². The van der Waals surface area contributed by atoms with E-state index in [1.165, 1.54) is 0 Å². The van der Waals surface area contributed by atoms with Crippen molar-refractivity contribution in [1.29, 1.82) is 0 Å². The Labute approximate surface area is 160 Å². The number of rotatable bonds is 6. The summed E-state index contributed by atoms with van der Waals surface area (Å²) in [4.78, 5) is 24.1. The summed E-state index contributed by atoms with van der Waals surface area (Å²) in [6, 6.07) is 7.72. The molecule has 0 bridgehead atoms. The molecule has 0 unspecified atom stereocenters. The molecule has 0 spiro atoms. The van der Waals surface area contributed by atoms with Crippen LogP contribution in [0.4, 0.5) is 0 Å². The Kier molecular flexibility index (Phi) is 6.12. The topological polar surface area (TPSA) is 82.9 Å². The van der Waals surface area contributed by atoms with E-state index in [1.54, 1.807) is 0 Å². The van der Waals surface area contributed by atoms with Gasteiger partial charge in [0.15, 0.2) is 13.1 Å². The summed E-state index contributed by atoms with van der Waals surface area (Å²) in [5.41, 5.74) is 8.56. The average Bonchev–Trinajstić information content (AvgIpc) is 2.86. The molecule has 0 atom stereocenters. The van der Waals surface area contributed by atoms with Gasteiger partial charge in [-0.1, -0.05) is 24.3 Å². The zero-order valence-corrected chi connectivity index (χ0v) is 17.0. The SMILES string of the molecule is C[N+](C)(C)CC(=O)N/N=C1/C/C(=N\NC(=O)C[N+](C)(C)C)c2ccccc21. The summed E-state index contributed by atoms with van der Waals surface area (Å²) in [6.07, 6.45) is 0.453. The van der Waals surface area contributed by atoms with Gasteiger partial charge in [0, 0.05) is 17.5 Å². The second kappa shape index (κ2) is 7.98. The summed E-state index contributed by atoms with van der Waals surface area (Å²) < 4.78 is 1.05. The highest BCUT2D eigenvalue weighted by Crippen LogP contribution is 2.22. The molecule has 0 saturated carbocycles. The van der Waals surface area contributed by atoms with Crippen LogP contribution in [0.1, 0.15) is 17.5 Å². The van der Waals surface area contributed by atoms with Crippen molar-refractivity contribution in [3.05, 3.63) is 35.4 Å². The predicted molar refractivity (Wildman–Crippen MR) is 106 cm³/mol. The minimum atomic E-state index is -0.144. The van der Waals surface area contributed by atoms with E-state index in [0.29, 0.717) is 28.5 Å². The number of hydrogen-bond acceptors (Lipinski definition) is 4. The Hall–Kier alpha value is -2.58. The highest BCUT2D eigenvalue weighted by atomic mass is 16.2. The molecular weight excluding hydrogens is 344 g/mol. The van der Waals surface area contributed by atoms with Crippen LogP contribution in [0.25, 0.3) is 0 Å². The zero-order valence-electron chi connectivity index (χ0n) is 17.0. The largest absolute Gasteiger partial charge is 0.323 e. The van der Waals surface area contributed by atoms with Crippen molar-refractivity contribution in [2.24, 2.45) is 10.2 Å². The van der Waals surface area contributed by atoms with Crippen molar-refractivity contribution in [3.63, 3.8) is 0 Å². The van der Waals surface area contributed by atoms with Gasteiger partial charge in [0.2, 0.25) is 0 Å². The number of hydrazone groups is 2. The average molecular weight is 374 g/mol. The van der Waals surface area contributed by atoms with Gasteiger partial charge in [0.1, 0.15) is 0 Å². The second-order valence-corrected chi connectivity index (χ2v) is 8.81. The fourth-order valence-corrected chi connectivity index (χ4v) is 2.73. The number of carbonyl (C=O) groups is 2. The van der Waals surface area contributed by atoms with Crippen LogP contribution in [0.5, 0.6) is 0 Å². The van der Waals surface area contributed by atoms with Crippen LogP contribution in [0, 0.1) is 0 Å². The van der Waals surface area contributed by atoms with E-state index in [-0.39, 0.29) is 11.8 Å². The van der Waals surface area contributed by atoms with Gasteiger partial charge in [-0.3, -0.25) is 9.59 Å². The summed E-state index contributed by atoms with van der Waals surface area (Å²) in [5.74, 6) is -0.289. The molecule has 1 aliphatic rings. The minimum Gasteiger partial charge on any atom is -0.323 e. The lowest BCUT2D eigenvalue weighted by atomic mass is 10.1. The van der Waals surface area contributed by atoms with Gasteiger partial charge in [-0.15, -0.1) is 0 Å². The first-order chi connectivity index (χ1) is 12.4. The quantitative estimate of drug-likeness (QED) is 0.549. The molecule has 0 fully saturated rings. The van der Waals surface area contributed by atoms with E-state index < -0.39 is 0 Å². The molecule has 27 heavy (non-hydrogen) atoms. The number of amides is 2. The highest BCUT2D eigenvalue weighted by molar-refractivity contribution is 6.28. The van der Waals surface area contributed by atoms with Crippen LogP contribution in [0.2, 0.25) is 0 Å². The van der Waals surface area contributed by atoms with Gasteiger partial charge in [0.25, 0.3) is 11.8 Å². The predicted octanol–water partition coefficient (Wildman–Crippen LogP) is 0.143. The first kappa shape index (κ1) is 20.7. The molecule has 0 saturated heterocycles. The normalized spacial score (nSPS) is 17.1.